The molecule has 190 valence electrons. The third-order valence-corrected chi connectivity index (χ3v) is 7.02. The van der Waals surface area contributed by atoms with Gasteiger partial charge in [0.1, 0.15) is 12.4 Å². The molecule has 0 radical (unpaired) electrons. The van der Waals surface area contributed by atoms with Crippen LogP contribution in [0.1, 0.15) is 45.2 Å². The van der Waals surface area contributed by atoms with Gasteiger partial charge in [-0.2, -0.15) is 0 Å². The predicted molar refractivity (Wildman–Crippen MR) is 146 cm³/mol. The van der Waals surface area contributed by atoms with Crippen molar-refractivity contribution >= 4 is 5.91 Å². The molecule has 5 rings (SSSR count). The molecule has 0 saturated carbocycles. The minimum atomic E-state index is -0.249. The maximum Gasteiger partial charge on any atom is 0.274 e. The Morgan fingerprint density at radius 1 is 1.05 bits per heavy atom. The van der Waals surface area contributed by atoms with Crippen molar-refractivity contribution in [3.63, 3.8) is 0 Å². The molecule has 4 aromatic rings. The van der Waals surface area contributed by atoms with Crippen LogP contribution in [-0.4, -0.2) is 36.1 Å². The normalized spacial score (nSPS) is 13.3. The number of hydrogen-bond donors (Lipinski definition) is 1. The molecule has 3 aromatic carbocycles. The minimum absolute atomic E-state index is 0.249. The second-order valence-electron chi connectivity index (χ2n) is 9.77. The zero-order valence-corrected chi connectivity index (χ0v) is 21.9. The fourth-order valence-corrected chi connectivity index (χ4v) is 4.81. The van der Waals surface area contributed by atoms with Crippen LogP contribution in [0.15, 0.2) is 65.2 Å². The largest absolute Gasteiger partial charge is 0.488 e. The molecule has 1 aliphatic heterocycles. The van der Waals surface area contributed by atoms with Gasteiger partial charge in [-0.25, -0.2) is 0 Å². The van der Waals surface area contributed by atoms with Gasteiger partial charge in [-0.3, -0.25) is 4.79 Å². The molecule has 1 aliphatic rings. The maximum atomic E-state index is 13.1. The summed E-state index contributed by atoms with van der Waals surface area (Å²) in [6.45, 7) is 8.88. The van der Waals surface area contributed by atoms with E-state index in [-0.39, 0.29) is 11.6 Å². The lowest BCUT2D eigenvalue weighted by Crippen LogP contribution is -2.26. The van der Waals surface area contributed by atoms with Crippen molar-refractivity contribution < 1.29 is 14.1 Å². The molecular weight excluding hydrogens is 462 g/mol. The van der Waals surface area contributed by atoms with E-state index in [0.29, 0.717) is 30.2 Å². The number of nitrogens with one attached hydrogen (secondary N) is 1. The molecule has 0 spiro atoms. The van der Waals surface area contributed by atoms with Crippen LogP contribution in [0.3, 0.4) is 0 Å². The topological polar surface area (TPSA) is 67.6 Å². The van der Waals surface area contributed by atoms with Gasteiger partial charge in [0, 0.05) is 19.6 Å². The summed E-state index contributed by atoms with van der Waals surface area (Å²) in [7, 11) is 2.14. The van der Waals surface area contributed by atoms with E-state index in [9.17, 15) is 4.79 Å². The molecule has 1 N–H and O–H groups in total. The highest BCUT2D eigenvalue weighted by Gasteiger charge is 2.27. The SMILES string of the molecule is CCNC(=O)c1noc(-c2cc(C)c(C)cc2OCc2ccccc2)c1-c1ccc2c(c1)CCN(C)C2. The molecule has 1 amide bonds. The Bertz CT molecular complexity index is 1430. The fraction of sp³-hybridized carbons (Fsp3) is 0.290. The van der Waals surface area contributed by atoms with E-state index in [2.05, 4.69) is 60.5 Å². The first-order chi connectivity index (χ1) is 17.9. The zero-order valence-electron chi connectivity index (χ0n) is 21.9. The summed E-state index contributed by atoms with van der Waals surface area (Å²) in [5.74, 6) is 0.993. The van der Waals surface area contributed by atoms with Crippen LogP contribution >= 0.6 is 0 Å². The first kappa shape index (κ1) is 24.8. The van der Waals surface area contributed by atoms with Crippen LogP contribution in [0.25, 0.3) is 22.5 Å². The van der Waals surface area contributed by atoms with Crippen molar-refractivity contribution in [1.29, 1.82) is 0 Å². The van der Waals surface area contributed by atoms with E-state index in [0.717, 1.165) is 47.3 Å². The Balaban J connectivity index is 1.63. The van der Waals surface area contributed by atoms with Crippen LogP contribution in [0.5, 0.6) is 5.75 Å². The first-order valence-corrected chi connectivity index (χ1v) is 12.8. The monoisotopic (exact) mass is 495 g/mol. The summed E-state index contributed by atoms with van der Waals surface area (Å²) in [6.07, 6.45) is 0.964. The maximum absolute atomic E-state index is 13.1. The molecule has 0 saturated heterocycles. The number of carbonyl (C=O) groups is 1. The van der Waals surface area contributed by atoms with E-state index in [1.807, 2.05) is 43.3 Å². The number of likely N-dealkylation sites (N-methyl/N-ethyl adjacent to an activating group) is 1. The van der Waals surface area contributed by atoms with Gasteiger partial charge in [-0.15, -0.1) is 0 Å². The van der Waals surface area contributed by atoms with Gasteiger partial charge in [0.2, 0.25) is 0 Å². The summed E-state index contributed by atoms with van der Waals surface area (Å²) in [6, 6.07) is 20.6. The van der Waals surface area contributed by atoms with Gasteiger partial charge in [0.05, 0.1) is 11.1 Å². The zero-order chi connectivity index (χ0) is 25.9. The molecule has 0 atom stereocenters. The van der Waals surface area contributed by atoms with Gasteiger partial charge < -0.3 is 19.5 Å². The number of aromatic nitrogens is 1. The number of fused-ring (bicyclic) bond motifs is 1. The highest BCUT2D eigenvalue weighted by molar-refractivity contribution is 6.02. The molecule has 0 aliphatic carbocycles. The summed E-state index contributed by atoms with van der Waals surface area (Å²) in [5, 5.41) is 7.16. The molecular formula is C31H33N3O3. The lowest BCUT2D eigenvalue weighted by molar-refractivity contribution is 0.0947. The Morgan fingerprint density at radius 3 is 2.62 bits per heavy atom. The molecule has 1 aromatic heterocycles. The smallest absolute Gasteiger partial charge is 0.274 e. The average molecular weight is 496 g/mol. The number of rotatable bonds is 7. The molecule has 0 bridgehead atoms. The number of aryl methyl sites for hydroxylation is 2. The van der Waals surface area contributed by atoms with Crippen molar-refractivity contribution in [2.24, 2.45) is 0 Å². The average Bonchev–Trinajstić information content (AvgIpc) is 3.35. The first-order valence-electron chi connectivity index (χ1n) is 12.8. The summed E-state index contributed by atoms with van der Waals surface area (Å²) < 4.78 is 12.3. The second-order valence-corrected chi connectivity index (χ2v) is 9.77. The number of ether oxygens (including phenoxy) is 1. The summed E-state index contributed by atoms with van der Waals surface area (Å²) in [4.78, 5) is 15.4. The third kappa shape index (κ3) is 5.16. The van der Waals surface area contributed by atoms with E-state index >= 15 is 0 Å². The van der Waals surface area contributed by atoms with Crippen LogP contribution in [0.4, 0.5) is 0 Å². The van der Waals surface area contributed by atoms with Crippen LogP contribution in [0, 0.1) is 13.8 Å². The molecule has 6 heteroatoms. The van der Waals surface area contributed by atoms with Crippen LogP contribution in [-0.2, 0) is 19.6 Å². The Kier molecular flexibility index (Phi) is 7.10. The van der Waals surface area contributed by atoms with Crippen LogP contribution < -0.4 is 10.1 Å². The Labute approximate surface area is 218 Å². The van der Waals surface area contributed by atoms with Crippen molar-refractivity contribution in [2.45, 2.75) is 40.3 Å². The Morgan fingerprint density at radius 2 is 1.84 bits per heavy atom. The molecule has 0 fully saturated rings. The predicted octanol–water partition coefficient (Wildman–Crippen LogP) is 5.94. The van der Waals surface area contributed by atoms with E-state index in [4.69, 9.17) is 9.26 Å². The number of carbonyl (C=O) groups excluding carboxylic acids is 1. The van der Waals surface area contributed by atoms with E-state index in [1.54, 1.807) is 0 Å². The summed E-state index contributed by atoms with van der Waals surface area (Å²) in [5.41, 5.74) is 8.61. The highest BCUT2D eigenvalue weighted by atomic mass is 16.5. The number of amides is 1. The fourth-order valence-electron chi connectivity index (χ4n) is 4.81. The number of nitrogens with zero attached hydrogens (tertiary/aromatic N) is 2. The molecule has 2 heterocycles. The van der Waals surface area contributed by atoms with E-state index < -0.39 is 0 Å². The standard InChI is InChI=1S/C31H33N3O3/c1-5-32-31(35)29-28(24-11-12-25-18-34(4)14-13-23(25)17-24)30(37-33-29)26-15-20(2)21(3)16-27(26)36-19-22-9-7-6-8-10-22/h6-12,15-17H,5,13-14,18-19H2,1-4H3,(H,32,35). The lowest BCUT2D eigenvalue weighted by atomic mass is 9.92. The van der Waals surface area contributed by atoms with Gasteiger partial charge in [-0.05, 0) is 79.8 Å². The van der Waals surface area contributed by atoms with Gasteiger partial charge in [-0.1, -0.05) is 53.7 Å². The number of benzene rings is 3. The second kappa shape index (κ2) is 10.6. The van der Waals surface area contributed by atoms with Gasteiger partial charge in [0.15, 0.2) is 11.5 Å². The van der Waals surface area contributed by atoms with Crippen molar-refractivity contribution in [3.05, 3.63) is 94.2 Å². The Hall–Kier alpha value is -3.90. The van der Waals surface area contributed by atoms with Crippen molar-refractivity contribution in [3.8, 4) is 28.2 Å². The van der Waals surface area contributed by atoms with Gasteiger partial charge >= 0.3 is 0 Å². The van der Waals surface area contributed by atoms with Crippen molar-refractivity contribution in [2.75, 3.05) is 20.1 Å². The minimum Gasteiger partial charge on any atom is -0.488 e. The molecule has 37 heavy (non-hydrogen) atoms. The molecule has 6 nitrogen and oxygen atoms in total. The number of hydrogen-bond acceptors (Lipinski definition) is 5. The van der Waals surface area contributed by atoms with E-state index in [1.165, 1.54) is 11.1 Å². The highest BCUT2D eigenvalue weighted by Crippen LogP contribution is 2.42. The quantitative estimate of drug-likeness (QED) is 0.344. The van der Waals surface area contributed by atoms with Crippen LogP contribution in [0.2, 0.25) is 0 Å². The van der Waals surface area contributed by atoms with Gasteiger partial charge in [0.25, 0.3) is 5.91 Å². The third-order valence-electron chi connectivity index (χ3n) is 7.02. The lowest BCUT2D eigenvalue weighted by Gasteiger charge is -2.25. The summed E-state index contributed by atoms with van der Waals surface area (Å²) >= 11 is 0. The van der Waals surface area contributed by atoms with Crippen molar-refractivity contribution in [1.82, 2.24) is 15.4 Å². The molecule has 0 unspecified atom stereocenters.